The molecule has 0 aromatic carbocycles. The summed E-state index contributed by atoms with van der Waals surface area (Å²) in [5.41, 5.74) is 1.06. The summed E-state index contributed by atoms with van der Waals surface area (Å²) in [5.74, 6) is -1.18. The molecule has 0 amide bonds. The summed E-state index contributed by atoms with van der Waals surface area (Å²) in [6, 6.07) is 3.87. The Morgan fingerprint density at radius 2 is 2.12 bits per heavy atom. The van der Waals surface area contributed by atoms with Gasteiger partial charge in [0, 0.05) is 24.5 Å². The smallest absolute Gasteiger partial charge is 0.307 e. The van der Waals surface area contributed by atoms with E-state index in [0.717, 1.165) is 5.56 Å². The number of carbonyl (C=O) groups is 1. The Kier molecular flexibility index (Phi) is 4.43. The molecule has 0 saturated carbocycles. The van der Waals surface area contributed by atoms with Crippen LogP contribution in [-0.4, -0.2) is 22.1 Å². The van der Waals surface area contributed by atoms with E-state index in [4.69, 9.17) is 5.11 Å². The number of nitrogens with zero attached hydrogens (tertiary/aromatic N) is 1. The van der Waals surface area contributed by atoms with Gasteiger partial charge >= 0.3 is 5.97 Å². The highest BCUT2D eigenvalue weighted by molar-refractivity contribution is 5.70. The van der Waals surface area contributed by atoms with Crippen LogP contribution in [0.15, 0.2) is 24.5 Å². The van der Waals surface area contributed by atoms with Crippen LogP contribution in [0.2, 0.25) is 0 Å². The molecule has 88 valence electrons. The highest BCUT2D eigenvalue weighted by Gasteiger charge is 2.20. The molecule has 1 heterocycles. The van der Waals surface area contributed by atoms with Gasteiger partial charge in [-0.2, -0.15) is 0 Å². The van der Waals surface area contributed by atoms with Crippen molar-refractivity contribution in [2.45, 2.75) is 32.9 Å². The number of carboxylic acids is 1. The van der Waals surface area contributed by atoms with Crippen molar-refractivity contribution in [3.05, 3.63) is 30.1 Å². The molecule has 0 aliphatic rings. The first-order valence-corrected chi connectivity index (χ1v) is 5.41. The predicted octanol–water partition coefficient (Wildman–Crippen LogP) is 1.84. The molecule has 3 atom stereocenters. The van der Waals surface area contributed by atoms with E-state index in [0.29, 0.717) is 0 Å². The molecule has 1 aromatic heterocycles. The van der Waals surface area contributed by atoms with Crippen molar-refractivity contribution < 1.29 is 9.90 Å². The van der Waals surface area contributed by atoms with Gasteiger partial charge in [0.05, 0.1) is 5.92 Å². The van der Waals surface area contributed by atoms with Gasteiger partial charge < -0.3 is 10.4 Å². The molecule has 0 radical (unpaired) electrons. The standard InChI is InChI=1S/C12H18N2O2/c1-8(12(15)16)9(2)14-10(3)11-5-4-6-13-7-11/h4-10,14H,1-3H3,(H,15,16)/t8?,9?,10-/m0/s1. The molecule has 0 bridgehead atoms. The normalized spacial score (nSPS) is 16.4. The topological polar surface area (TPSA) is 62.2 Å². The highest BCUT2D eigenvalue weighted by atomic mass is 16.4. The quantitative estimate of drug-likeness (QED) is 0.798. The first-order chi connectivity index (χ1) is 7.52. The summed E-state index contributed by atoms with van der Waals surface area (Å²) in [6.45, 7) is 5.59. The van der Waals surface area contributed by atoms with Crippen molar-refractivity contribution in [1.82, 2.24) is 10.3 Å². The lowest BCUT2D eigenvalue weighted by atomic mass is 10.0. The molecule has 0 saturated heterocycles. The van der Waals surface area contributed by atoms with E-state index in [9.17, 15) is 4.79 Å². The van der Waals surface area contributed by atoms with Crippen LogP contribution >= 0.6 is 0 Å². The van der Waals surface area contributed by atoms with E-state index in [1.807, 2.05) is 26.0 Å². The van der Waals surface area contributed by atoms with Gasteiger partial charge in [-0.1, -0.05) is 13.0 Å². The largest absolute Gasteiger partial charge is 0.481 e. The minimum atomic E-state index is -0.779. The van der Waals surface area contributed by atoms with E-state index in [1.54, 1.807) is 19.3 Å². The number of hydrogen-bond donors (Lipinski definition) is 2. The SMILES string of the molecule is CC(N[C@@H](C)c1cccnc1)C(C)C(=O)O. The molecule has 0 spiro atoms. The second-order valence-electron chi connectivity index (χ2n) is 4.09. The molecule has 0 aliphatic heterocycles. The molecule has 4 heteroatoms. The fraction of sp³-hybridized carbons (Fsp3) is 0.500. The maximum absolute atomic E-state index is 10.8. The van der Waals surface area contributed by atoms with Gasteiger partial charge in [-0.15, -0.1) is 0 Å². The van der Waals surface area contributed by atoms with Crippen molar-refractivity contribution >= 4 is 5.97 Å². The minimum Gasteiger partial charge on any atom is -0.481 e. The summed E-state index contributed by atoms with van der Waals surface area (Å²) in [4.78, 5) is 14.8. The van der Waals surface area contributed by atoms with E-state index < -0.39 is 11.9 Å². The third kappa shape index (κ3) is 3.31. The molecule has 2 unspecified atom stereocenters. The van der Waals surface area contributed by atoms with Gasteiger partial charge in [0.1, 0.15) is 0 Å². The molecule has 1 rings (SSSR count). The maximum Gasteiger partial charge on any atom is 0.307 e. The predicted molar refractivity (Wildman–Crippen MR) is 62.0 cm³/mol. The molecule has 4 nitrogen and oxygen atoms in total. The zero-order valence-corrected chi connectivity index (χ0v) is 9.84. The zero-order chi connectivity index (χ0) is 12.1. The maximum atomic E-state index is 10.8. The van der Waals surface area contributed by atoms with Crippen LogP contribution in [0.4, 0.5) is 0 Å². The van der Waals surface area contributed by atoms with Gasteiger partial charge in [-0.05, 0) is 25.5 Å². The fourth-order valence-electron chi connectivity index (χ4n) is 1.48. The van der Waals surface area contributed by atoms with Crippen LogP contribution < -0.4 is 5.32 Å². The summed E-state index contributed by atoms with van der Waals surface area (Å²) in [6.07, 6.45) is 3.51. The third-order valence-corrected chi connectivity index (χ3v) is 2.84. The van der Waals surface area contributed by atoms with Gasteiger partial charge in [0.2, 0.25) is 0 Å². The second-order valence-corrected chi connectivity index (χ2v) is 4.09. The monoisotopic (exact) mass is 222 g/mol. The average Bonchev–Trinajstić information content (AvgIpc) is 2.28. The molecule has 0 aliphatic carbocycles. The summed E-state index contributed by atoms with van der Waals surface area (Å²) in [5, 5.41) is 12.1. The number of aromatic nitrogens is 1. The fourth-order valence-corrected chi connectivity index (χ4v) is 1.48. The number of pyridine rings is 1. The highest BCUT2D eigenvalue weighted by Crippen LogP contribution is 2.13. The van der Waals surface area contributed by atoms with Gasteiger partial charge in [0.15, 0.2) is 0 Å². The number of nitrogens with one attached hydrogen (secondary N) is 1. The first kappa shape index (κ1) is 12.6. The number of carboxylic acid groups (broad SMARTS) is 1. The van der Waals surface area contributed by atoms with Crippen molar-refractivity contribution in [1.29, 1.82) is 0 Å². The van der Waals surface area contributed by atoms with Crippen molar-refractivity contribution in [2.24, 2.45) is 5.92 Å². The molecule has 1 aromatic rings. The van der Waals surface area contributed by atoms with Crippen LogP contribution in [0.25, 0.3) is 0 Å². The molecular weight excluding hydrogens is 204 g/mol. The lowest BCUT2D eigenvalue weighted by molar-refractivity contribution is -0.142. The molecule has 16 heavy (non-hydrogen) atoms. The Morgan fingerprint density at radius 3 is 2.62 bits per heavy atom. The van der Waals surface area contributed by atoms with E-state index in [-0.39, 0.29) is 12.1 Å². The number of aliphatic carboxylic acids is 1. The Hall–Kier alpha value is -1.42. The summed E-state index contributed by atoms with van der Waals surface area (Å²) < 4.78 is 0. The Balaban J connectivity index is 2.58. The zero-order valence-electron chi connectivity index (χ0n) is 9.84. The lowest BCUT2D eigenvalue weighted by Gasteiger charge is -2.22. The van der Waals surface area contributed by atoms with E-state index >= 15 is 0 Å². The van der Waals surface area contributed by atoms with Gasteiger partial charge in [0.25, 0.3) is 0 Å². The van der Waals surface area contributed by atoms with Crippen LogP contribution in [-0.2, 0) is 4.79 Å². The summed E-state index contributed by atoms with van der Waals surface area (Å²) >= 11 is 0. The van der Waals surface area contributed by atoms with Crippen LogP contribution in [0, 0.1) is 5.92 Å². The van der Waals surface area contributed by atoms with E-state index in [2.05, 4.69) is 10.3 Å². The third-order valence-electron chi connectivity index (χ3n) is 2.84. The number of rotatable bonds is 5. The molecule has 2 N–H and O–H groups in total. The Labute approximate surface area is 95.7 Å². The second kappa shape index (κ2) is 5.61. The van der Waals surface area contributed by atoms with Gasteiger partial charge in [-0.3, -0.25) is 9.78 Å². The summed E-state index contributed by atoms with van der Waals surface area (Å²) in [7, 11) is 0. The Morgan fingerprint density at radius 1 is 1.44 bits per heavy atom. The lowest BCUT2D eigenvalue weighted by Crippen LogP contribution is -2.37. The minimum absolute atomic E-state index is 0.0762. The van der Waals surface area contributed by atoms with Crippen LogP contribution in [0.5, 0.6) is 0 Å². The van der Waals surface area contributed by atoms with Crippen LogP contribution in [0.3, 0.4) is 0 Å². The van der Waals surface area contributed by atoms with Crippen molar-refractivity contribution in [2.75, 3.05) is 0 Å². The van der Waals surface area contributed by atoms with Gasteiger partial charge in [-0.25, -0.2) is 0 Å². The van der Waals surface area contributed by atoms with Crippen molar-refractivity contribution in [3.63, 3.8) is 0 Å². The Bertz CT molecular complexity index is 340. The van der Waals surface area contributed by atoms with Crippen LogP contribution in [0.1, 0.15) is 32.4 Å². The number of hydrogen-bond acceptors (Lipinski definition) is 3. The molecular formula is C12H18N2O2. The van der Waals surface area contributed by atoms with E-state index in [1.165, 1.54) is 0 Å². The first-order valence-electron chi connectivity index (χ1n) is 5.41. The average molecular weight is 222 g/mol. The molecule has 0 fully saturated rings. The van der Waals surface area contributed by atoms with Crippen molar-refractivity contribution in [3.8, 4) is 0 Å².